The fourth-order valence-corrected chi connectivity index (χ4v) is 5.09. The molecular formula is C29H27F5N2O3. The van der Waals surface area contributed by atoms with Crippen molar-refractivity contribution in [1.29, 1.82) is 0 Å². The van der Waals surface area contributed by atoms with Gasteiger partial charge < -0.3 is 9.84 Å². The van der Waals surface area contributed by atoms with E-state index in [0.717, 1.165) is 18.3 Å². The Morgan fingerprint density at radius 1 is 1.13 bits per heavy atom. The highest BCUT2D eigenvalue weighted by Gasteiger charge is 2.37. The molecule has 39 heavy (non-hydrogen) atoms. The van der Waals surface area contributed by atoms with E-state index in [2.05, 4.69) is 16.8 Å². The second-order valence-electron chi connectivity index (χ2n) is 9.81. The van der Waals surface area contributed by atoms with Gasteiger partial charge in [0.05, 0.1) is 31.8 Å². The number of carboxylic acids is 1. The van der Waals surface area contributed by atoms with Crippen LogP contribution in [0.1, 0.15) is 49.4 Å². The van der Waals surface area contributed by atoms with E-state index in [1.807, 2.05) is 4.90 Å². The Kier molecular flexibility index (Phi) is 8.70. The van der Waals surface area contributed by atoms with Crippen molar-refractivity contribution < 1.29 is 36.6 Å². The number of fused-ring (bicyclic) bond motifs is 1. The SMILES string of the molecule is COc1ccc2ncc(F)c([C@H](F)CCC3(CC(=O)O)CCN(CC#Cc4cc(F)c(F)c(F)c4)CC3)c2c1. The molecule has 0 saturated carbocycles. The third kappa shape index (κ3) is 6.66. The molecule has 206 valence electrons. The van der Waals surface area contributed by atoms with E-state index in [4.69, 9.17) is 4.74 Å². The minimum absolute atomic E-state index is 0.00566. The zero-order valence-corrected chi connectivity index (χ0v) is 21.2. The van der Waals surface area contributed by atoms with E-state index in [1.54, 1.807) is 12.1 Å². The predicted molar refractivity (Wildman–Crippen MR) is 135 cm³/mol. The first-order valence-electron chi connectivity index (χ1n) is 12.4. The molecule has 4 rings (SSSR count). The Hall–Kier alpha value is -3.71. The number of aromatic nitrogens is 1. The van der Waals surface area contributed by atoms with Crippen molar-refractivity contribution in [3.05, 3.63) is 70.9 Å². The molecule has 0 bridgehead atoms. The van der Waals surface area contributed by atoms with Gasteiger partial charge in [-0.25, -0.2) is 22.0 Å². The van der Waals surface area contributed by atoms with Crippen molar-refractivity contribution in [3.63, 3.8) is 0 Å². The number of carboxylic acid groups (broad SMARTS) is 1. The van der Waals surface area contributed by atoms with Crippen molar-refractivity contribution in [2.24, 2.45) is 5.41 Å². The molecule has 1 aliphatic heterocycles. The molecule has 5 nitrogen and oxygen atoms in total. The van der Waals surface area contributed by atoms with E-state index in [-0.39, 0.29) is 36.9 Å². The molecule has 3 aromatic rings. The van der Waals surface area contributed by atoms with Crippen LogP contribution in [0.15, 0.2) is 36.5 Å². The number of pyridine rings is 1. The second kappa shape index (κ2) is 12.0. The lowest BCUT2D eigenvalue weighted by atomic mass is 9.71. The Morgan fingerprint density at radius 2 is 1.82 bits per heavy atom. The average molecular weight is 547 g/mol. The molecule has 0 unspecified atom stereocenters. The highest BCUT2D eigenvalue weighted by atomic mass is 19.2. The Bertz CT molecular complexity index is 1400. The summed E-state index contributed by atoms with van der Waals surface area (Å²) in [7, 11) is 1.45. The lowest BCUT2D eigenvalue weighted by Crippen LogP contribution is -2.41. The van der Waals surface area contributed by atoms with Gasteiger partial charge in [-0.3, -0.25) is 14.7 Å². The molecule has 0 amide bonds. The fraction of sp³-hybridized carbons (Fsp3) is 0.379. The molecule has 1 aliphatic rings. The lowest BCUT2D eigenvalue weighted by molar-refractivity contribution is -0.141. The van der Waals surface area contributed by atoms with Crippen molar-refractivity contribution >= 4 is 16.9 Å². The quantitative estimate of drug-likeness (QED) is 0.207. The summed E-state index contributed by atoms with van der Waals surface area (Å²) in [5.74, 6) is -0.108. The average Bonchev–Trinajstić information content (AvgIpc) is 2.90. The highest BCUT2D eigenvalue weighted by molar-refractivity contribution is 5.84. The van der Waals surface area contributed by atoms with Crippen LogP contribution >= 0.6 is 0 Å². The normalized spacial score (nSPS) is 15.9. The third-order valence-corrected chi connectivity index (χ3v) is 7.27. The van der Waals surface area contributed by atoms with Gasteiger partial charge in [0.1, 0.15) is 17.7 Å². The molecule has 2 aromatic carbocycles. The monoisotopic (exact) mass is 546 g/mol. The first-order valence-corrected chi connectivity index (χ1v) is 12.4. The number of piperidine rings is 1. The van der Waals surface area contributed by atoms with E-state index < -0.39 is 40.8 Å². The van der Waals surface area contributed by atoms with Crippen LogP contribution in [0.4, 0.5) is 22.0 Å². The molecule has 10 heteroatoms. The zero-order chi connectivity index (χ0) is 28.2. The summed E-state index contributed by atoms with van der Waals surface area (Å²) in [5.41, 5.74) is -0.368. The molecule has 1 fully saturated rings. The van der Waals surface area contributed by atoms with E-state index in [0.29, 0.717) is 42.6 Å². The van der Waals surface area contributed by atoms with Crippen LogP contribution < -0.4 is 4.74 Å². The molecule has 0 aliphatic carbocycles. The molecule has 1 saturated heterocycles. The third-order valence-electron chi connectivity index (χ3n) is 7.27. The number of rotatable bonds is 8. The number of carbonyl (C=O) groups is 1. The molecule has 1 aromatic heterocycles. The number of nitrogens with zero attached hydrogens (tertiary/aromatic N) is 2. The minimum Gasteiger partial charge on any atom is -0.497 e. The van der Waals surface area contributed by atoms with Gasteiger partial charge in [0.15, 0.2) is 17.5 Å². The number of methoxy groups -OCH3 is 1. The summed E-state index contributed by atoms with van der Waals surface area (Å²) in [6, 6.07) is 6.45. The Morgan fingerprint density at radius 3 is 2.46 bits per heavy atom. The van der Waals surface area contributed by atoms with Crippen LogP contribution in [0.5, 0.6) is 5.75 Å². The summed E-state index contributed by atoms with van der Waals surface area (Å²) in [6.07, 6.45) is 0.248. The van der Waals surface area contributed by atoms with Gasteiger partial charge in [0.25, 0.3) is 0 Å². The van der Waals surface area contributed by atoms with Crippen LogP contribution in [0.2, 0.25) is 0 Å². The number of hydrogen-bond donors (Lipinski definition) is 1. The summed E-state index contributed by atoms with van der Waals surface area (Å²) in [6.45, 7) is 1.22. The van der Waals surface area contributed by atoms with Crippen LogP contribution in [0.3, 0.4) is 0 Å². The molecule has 2 heterocycles. The summed E-state index contributed by atoms with van der Waals surface area (Å²) in [5, 5.41) is 9.86. The Labute approximate surface area is 222 Å². The molecular weight excluding hydrogens is 519 g/mol. The summed E-state index contributed by atoms with van der Waals surface area (Å²) < 4.78 is 75.3. The fourth-order valence-electron chi connectivity index (χ4n) is 5.09. The van der Waals surface area contributed by atoms with Crippen molar-refractivity contribution in [2.75, 3.05) is 26.7 Å². The van der Waals surface area contributed by atoms with Gasteiger partial charge >= 0.3 is 5.97 Å². The van der Waals surface area contributed by atoms with Gasteiger partial charge in [0, 0.05) is 16.5 Å². The largest absolute Gasteiger partial charge is 0.497 e. The second-order valence-corrected chi connectivity index (χ2v) is 9.81. The van der Waals surface area contributed by atoms with Gasteiger partial charge in [-0.05, 0) is 74.5 Å². The van der Waals surface area contributed by atoms with Gasteiger partial charge in [0.2, 0.25) is 0 Å². The molecule has 0 radical (unpaired) electrons. The number of likely N-dealkylation sites (tertiary alicyclic amines) is 1. The van der Waals surface area contributed by atoms with Crippen LogP contribution in [0.25, 0.3) is 10.9 Å². The Balaban J connectivity index is 1.43. The van der Waals surface area contributed by atoms with Crippen LogP contribution in [0, 0.1) is 40.5 Å². The van der Waals surface area contributed by atoms with Gasteiger partial charge in [-0.15, -0.1) is 0 Å². The van der Waals surface area contributed by atoms with Crippen molar-refractivity contribution in [3.8, 4) is 17.6 Å². The van der Waals surface area contributed by atoms with Crippen LogP contribution in [-0.2, 0) is 4.79 Å². The number of alkyl halides is 1. The summed E-state index contributed by atoms with van der Waals surface area (Å²) in [4.78, 5) is 17.7. The maximum atomic E-state index is 15.5. The maximum absolute atomic E-state index is 15.5. The highest BCUT2D eigenvalue weighted by Crippen LogP contribution is 2.43. The van der Waals surface area contributed by atoms with Gasteiger partial charge in [-0.2, -0.15) is 0 Å². The first kappa shape index (κ1) is 28.3. The van der Waals surface area contributed by atoms with Crippen LogP contribution in [-0.4, -0.2) is 47.7 Å². The number of halogens is 5. The van der Waals surface area contributed by atoms with Crippen molar-refractivity contribution in [2.45, 2.75) is 38.3 Å². The topological polar surface area (TPSA) is 62.7 Å². The number of hydrogen-bond acceptors (Lipinski definition) is 4. The molecule has 1 N–H and O–H groups in total. The number of benzene rings is 2. The predicted octanol–water partition coefficient (Wildman–Crippen LogP) is 6.20. The summed E-state index contributed by atoms with van der Waals surface area (Å²) >= 11 is 0. The van der Waals surface area contributed by atoms with Gasteiger partial charge in [-0.1, -0.05) is 11.8 Å². The number of aliphatic carboxylic acids is 1. The smallest absolute Gasteiger partial charge is 0.303 e. The molecule has 0 spiro atoms. The van der Waals surface area contributed by atoms with E-state index >= 15 is 4.39 Å². The molecule has 1 atom stereocenters. The van der Waals surface area contributed by atoms with E-state index in [9.17, 15) is 27.5 Å². The standard InChI is InChI=1S/C29H27F5N2O3/c1-39-19-4-5-25-20(15-19)27(24(33)17-35-25)21(30)6-7-29(16-26(37)38)8-11-36(12-9-29)10-2-3-18-13-22(31)28(34)23(32)14-18/h4-5,13-15,17,21H,6-12,16H2,1H3,(H,37,38)/t21-/m1/s1. The number of ether oxygens (including phenoxy) is 1. The maximum Gasteiger partial charge on any atom is 0.303 e. The van der Waals surface area contributed by atoms with E-state index in [1.165, 1.54) is 13.2 Å². The van der Waals surface area contributed by atoms with Crippen molar-refractivity contribution in [1.82, 2.24) is 9.88 Å². The zero-order valence-electron chi connectivity index (χ0n) is 21.2. The lowest BCUT2D eigenvalue weighted by Gasteiger charge is -2.41. The first-order chi connectivity index (χ1) is 18.6. The minimum atomic E-state index is -1.67.